The lowest BCUT2D eigenvalue weighted by Crippen LogP contribution is -2.41. The van der Waals surface area contributed by atoms with Crippen LogP contribution in [0.15, 0.2) is 71.6 Å². The van der Waals surface area contributed by atoms with Crippen LogP contribution in [-0.4, -0.2) is 35.1 Å². The first-order chi connectivity index (χ1) is 17.1. The van der Waals surface area contributed by atoms with E-state index < -0.39 is 15.9 Å². The van der Waals surface area contributed by atoms with Crippen molar-refractivity contribution in [1.29, 1.82) is 0 Å². The topological polar surface area (TPSA) is 84.9 Å². The summed E-state index contributed by atoms with van der Waals surface area (Å²) in [5, 5.41) is 2.98. The first-order valence-electron chi connectivity index (χ1n) is 11.8. The Labute approximate surface area is 214 Å². The Morgan fingerprint density at radius 2 is 1.61 bits per heavy atom. The molecule has 1 N–H and O–H groups in total. The zero-order valence-corrected chi connectivity index (χ0v) is 22.4. The van der Waals surface area contributed by atoms with Gasteiger partial charge in [-0.1, -0.05) is 38.1 Å². The van der Waals surface area contributed by atoms with Gasteiger partial charge in [0.15, 0.2) is 0 Å². The maximum absolute atomic E-state index is 13.6. The van der Waals surface area contributed by atoms with Crippen LogP contribution in [0.2, 0.25) is 0 Å². The molecule has 0 aliphatic heterocycles. The number of carbonyl (C=O) groups excluding carboxylic acids is 1. The van der Waals surface area contributed by atoms with E-state index in [1.807, 2.05) is 26.0 Å². The minimum absolute atomic E-state index is 0.0984. The third-order valence-electron chi connectivity index (χ3n) is 6.04. The third-order valence-corrected chi connectivity index (χ3v) is 7.83. The number of benzene rings is 3. The van der Waals surface area contributed by atoms with Crippen LogP contribution in [0.25, 0.3) is 0 Å². The standard InChI is InChI=1S/C28H34N2O5S/c1-19(2)25-17-26(20(3)15-27(25)35-6)21(4)29-28(31)18-30(22-11-10-12-23(16-22)34-5)36(32,33)24-13-8-7-9-14-24/h7-17,19,21H,18H2,1-6H3,(H,29,31)/t21-/m0/s1. The Morgan fingerprint density at radius 3 is 2.22 bits per heavy atom. The van der Waals surface area contributed by atoms with Crippen molar-refractivity contribution in [1.82, 2.24) is 5.32 Å². The van der Waals surface area contributed by atoms with E-state index in [4.69, 9.17) is 9.47 Å². The van der Waals surface area contributed by atoms with Crippen molar-refractivity contribution < 1.29 is 22.7 Å². The molecule has 192 valence electrons. The number of rotatable bonds is 10. The van der Waals surface area contributed by atoms with Gasteiger partial charge in [0.1, 0.15) is 18.0 Å². The molecule has 0 aliphatic carbocycles. The predicted octanol–water partition coefficient (Wildman–Crippen LogP) is 5.21. The highest BCUT2D eigenvalue weighted by molar-refractivity contribution is 7.92. The Balaban J connectivity index is 1.92. The molecule has 0 unspecified atom stereocenters. The molecule has 0 saturated heterocycles. The second-order valence-electron chi connectivity index (χ2n) is 8.92. The Hall–Kier alpha value is -3.52. The summed E-state index contributed by atoms with van der Waals surface area (Å²) in [6.07, 6.45) is 0. The van der Waals surface area contributed by atoms with Crippen molar-refractivity contribution in [2.45, 2.75) is 44.6 Å². The molecule has 3 rings (SSSR count). The largest absolute Gasteiger partial charge is 0.497 e. The van der Waals surface area contributed by atoms with E-state index in [1.54, 1.807) is 49.6 Å². The molecule has 7 nitrogen and oxygen atoms in total. The van der Waals surface area contributed by atoms with Gasteiger partial charge in [-0.05, 0) is 72.9 Å². The lowest BCUT2D eigenvalue weighted by Gasteiger charge is -2.26. The number of hydrogen-bond acceptors (Lipinski definition) is 5. The molecule has 0 heterocycles. The summed E-state index contributed by atoms with van der Waals surface area (Å²) in [5.74, 6) is 1.11. The van der Waals surface area contributed by atoms with Crippen molar-refractivity contribution in [3.63, 3.8) is 0 Å². The zero-order chi connectivity index (χ0) is 26.5. The SMILES string of the molecule is COc1cccc(N(CC(=O)N[C@@H](C)c2cc(C(C)C)c(OC)cc2C)S(=O)(=O)c2ccccc2)c1. The summed E-state index contributed by atoms with van der Waals surface area (Å²) in [7, 11) is -0.859. The molecule has 1 atom stereocenters. The number of hydrogen-bond donors (Lipinski definition) is 1. The van der Waals surface area contributed by atoms with Gasteiger partial charge in [0.2, 0.25) is 5.91 Å². The van der Waals surface area contributed by atoms with E-state index in [-0.39, 0.29) is 23.4 Å². The molecule has 36 heavy (non-hydrogen) atoms. The van der Waals surface area contributed by atoms with Crippen molar-refractivity contribution in [2.75, 3.05) is 25.1 Å². The fraction of sp³-hybridized carbons (Fsp3) is 0.321. The zero-order valence-electron chi connectivity index (χ0n) is 21.6. The van der Waals surface area contributed by atoms with Crippen molar-refractivity contribution >= 4 is 21.6 Å². The molecule has 8 heteroatoms. The molecule has 0 radical (unpaired) electrons. The number of amides is 1. The van der Waals surface area contributed by atoms with Gasteiger partial charge in [0.05, 0.1) is 30.8 Å². The summed E-state index contributed by atoms with van der Waals surface area (Å²) < 4.78 is 39.0. The first-order valence-corrected chi connectivity index (χ1v) is 13.2. The van der Waals surface area contributed by atoms with E-state index in [0.29, 0.717) is 11.4 Å². The number of nitrogens with one attached hydrogen (secondary N) is 1. The van der Waals surface area contributed by atoms with Crippen LogP contribution in [0.5, 0.6) is 11.5 Å². The highest BCUT2D eigenvalue weighted by atomic mass is 32.2. The molecule has 0 aromatic heterocycles. The number of methoxy groups -OCH3 is 2. The fourth-order valence-corrected chi connectivity index (χ4v) is 5.54. The number of carbonyl (C=O) groups is 1. The molecule has 0 spiro atoms. The van der Waals surface area contributed by atoms with Crippen LogP contribution in [0.1, 0.15) is 49.4 Å². The van der Waals surface area contributed by atoms with Crippen molar-refractivity contribution in [2.24, 2.45) is 0 Å². The highest BCUT2D eigenvalue weighted by Gasteiger charge is 2.28. The summed E-state index contributed by atoms with van der Waals surface area (Å²) in [6, 6.07) is 18.4. The molecule has 0 fully saturated rings. The first kappa shape index (κ1) is 27.1. The van der Waals surface area contributed by atoms with Crippen LogP contribution in [0.3, 0.4) is 0 Å². The van der Waals surface area contributed by atoms with Gasteiger partial charge in [-0.25, -0.2) is 8.42 Å². The van der Waals surface area contributed by atoms with Crippen LogP contribution < -0.4 is 19.1 Å². The molecular weight excluding hydrogens is 476 g/mol. The van der Waals surface area contributed by atoms with Crippen LogP contribution >= 0.6 is 0 Å². The van der Waals surface area contributed by atoms with Gasteiger partial charge in [-0.15, -0.1) is 0 Å². The second kappa shape index (κ2) is 11.5. The van der Waals surface area contributed by atoms with E-state index in [0.717, 1.165) is 26.7 Å². The molecule has 0 bridgehead atoms. The normalized spacial score (nSPS) is 12.2. The molecule has 3 aromatic carbocycles. The maximum Gasteiger partial charge on any atom is 0.264 e. The number of anilines is 1. The monoisotopic (exact) mass is 510 g/mol. The predicted molar refractivity (Wildman–Crippen MR) is 142 cm³/mol. The van der Waals surface area contributed by atoms with Gasteiger partial charge in [0, 0.05) is 6.07 Å². The number of aryl methyl sites for hydroxylation is 1. The molecule has 0 aliphatic rings. The average Bonchev–Trinajstić information content (AvgIpc) is 2.87. The van der Waals surface area contributed by atoms with Crippen LogP contribution in [0.4, 0.5) is 5.69 Å². The quantitative estimate of drug-likeness (QED) is 0.405. The maximum atomic E-state index is 13.6. The summed E-state index contributed by atoms with van der Waals surface area (Å²) in [6.45, 7) is 7.63. The third kappa shape index (κ3) is 5.99. The number of nitrogens with zero attached hydrogens (tertiary/aromatic N) is 1. The second-order valence-corrected chi connectivity index (χ2v) is 10.8. The summed E-state index contributed by atoms with van der Waals surface area (Å²) >= 11 is 0. The molecule has 0 saturated carbocycles. The lowest BCUT2D eigenvalue weighted by atomic mass is 9.93. The summed E-state index contributed by atoms with van der Waals surface area (Å²) in [4.78, 5) is 13.3. The van der Waals surface area contributed by atoms with Gasteiger partial charge >= 0.3 is 0 Å². The van der Waals surface area contributed by atoms with Crippen molar-refractivity contribution in [3.8, 4) is 11.5 Å². The number of ether oxygens (including phenoxy) is 2. The minimum Gasteiger partial charge on any atom is -0.497 e. The lowest BCUT2D eigenvalue weighted by molar-refractivity contribution is -0.120. The molecular formula is C28H34N2O5S. The Bertz CT molecular complexity index is 1310. The van der Waals surface area contributed by atoms with E-state index in [2.05, 4.69) is 19.2 Å². The Kier molecular flexibility index (Phi) is 8.63. The average molecular weight is 511 g/mol. The Morgan fingerprint density at radius 1 is 0.917 bits per heavy atom. The summed E-state index contributed by atoms with van der Waals surface area (Å²) in [5.41, 5.74) is 3.31. The smallest absolute Gasteiger partial charge is 0.264 e. The number of sulfonamides is 1. The van der Waals surface area contributed by atoms with Crippen LogP contribution in [0, 0.1) is 6.92 Å². The fourth-order valence-electron chi connectivity index (χ4n) is 4.11. The minimum atomic E-state index is -4.01. The van der Waals surface area contributed by atoms with Gasteiger partial charge in [-0.2, -0.15) is 0 Å². The molecule has 3 aromatic rings. The van der Waals surface area contributed by atoms with E-state index in [1.165, 1.54) is 19.2 Å². The van der Waals surface area contributed by atoms with Crippen molar-refractivity contribution in [3.05, 3.63) is 83.4 Å². The van der Waals surface area contributed by atoms with Crippen LogP contribution in [-0.2, 0) is 14.8 Å². The van der Waals surface area contributed by atoms with Gasteiger partial charge in [-0.3, -0.25) is 9.10 Å². The van der Waals surface area contributed by atoms with Gasteiger partial charge < -0.3 is 14.8 Å². The molecule has 1 amide bonds. The van der Waals surface area contributed by atoms with E-state index in [9.17, 15) is 13.2 Å². The highest BCUT2D eigenvalue weighted by Crippen LogP contribution is 2.32. The van der Waals surface area contributed by atoms with Gasteiger partial charge in [0.25, 0.3) is 10.0 Å². The van der Waals surface area contributed by atoms with E-state index >= 15 is 0 Å².